The molecule has 0 saturated heterocycles. The predicted octanol–water partition coefficient (Wildman–Crippen LogP) is -3.71. The molecule has 0 aliphatic rings. The minimum absolute atomic E-state index is 0.179. The van der Waals surface area contributed by atoms with Crippen molar-refractivity contribution in [3.63, 3.8) is 0 Å². The smallest absolute Gasteiger partial charge is 0.328 e. The van der Waals surface area contributed by atoms with Gasteiger partial charge in [-0.2, -0.15) is 12.6 Å². The van der Waals surface area contributed by atoms with Gasteiger partial charge >= 0.3 is 11.9 Å². The van der Waals surface area contributed by atoms with Gasteiger partial charge in [0.05, 0.1) is 12.1 Å². The Kier molecular flexibility index (Phi) is 12.9. The summed E-state index contributed by atoms with van der Waals surface area (Å²) < 4.78 is 0. The zero-order chi connectivity index (χ0) is 25.0. The van der Waals surface area contributed by atoms with Crippen LogP contribution in [0.5, 0.6) is 0 Å². The van der Waals surface area contributed by atoms with Gasteiger partial charge in [-0.25, -0.2) is 4.79 Å². The van der Waals surface area contributed by atoms with Crippen LogP contribution in [-0.2, 0) is 28.8 Å². The second-order valence-corrected chi connectivity index (χ2v) is 7.28. The number of carbonyl (C=O) groups is 6. The average molecular weight is 480 g/mol. The van der Waals surface area contributed by atoms with E-state index in [2.05, 4.69) is 28.6 Å². The molecule has 10 N–H and O–H groups in total. The lowest BCUT2D eigenvalue weighted by molar-refractivity contribution is -0.145. The van der Waals surface area contributed by atoms with Crippen molar-refractivity contribution in [2.24, 2.45) is 11.5 Å². The number of aliphatic hydroxyl groups is 1. The fraction of sp³-hybridized carbons (Fsp3) is 0.647. The molecule has 0 aromatic rings. The minimum atomic E-state index is -1.68. The van der Waals surface area contributed by atoms with Crippen LogP contribution in [0, 0.1) is 0 Å². The lowest BCUT2D eigenvalue weighted by Crippen LogP contribution is -2.58. The van der Waals surface area contributed by atoms with Gasteiger partial charge in [-0.1, -0.05) is 0 Å². The molecule has 0 aromatic carbocycles. The third kappa shape index (κ3) is 10.9. The standard InChI is InChI=1S/C17H29N5O9S/c1-7(23)13(17(30)31)22-15(28)9(3-4-11(19)24)20-16(29)10(6-32)21-14(27)8(18)2-5-12(25)26/h7-10,13,23,32H,2-6,18H2,1H3,(H2,19,24)(H,20,29)(H,21,27)(H,22,28)(H,25,26)(H,30,31). The maximum absolute atomic E-state index is 12.5. The molecule has 0 heterocycles. The molecule has 0 aromatic heterocycles. The van der Waals surface area contributed by atoms with E-state index in [0.717, 1.165) is 6.92 Å². The number of nitrogens with one attached hydrogen (secondary N) is 3. The van der Waals surface area contributed by atoms with Crippen molar-refractivity contribution in [2.45, 2.75) is 62.9 Å². The highest BCUT2D eigenvalue weighted by molar-refractivity contribution is 7.80. The number of rotatable bonds is 15. The van der Waals surface area contributed by atoms with Crippen LogP contribution >= 0.6 is 12.6 Å². The zero-order valence-electron chi connectivity index (χ0n) is 17.3. The van der Waals surface area contributed by atoms with Gasteiger partial charge in [0, 0.05) is 18.6 Å². The first-order valence-corrected chi connectivity index (χ1v) is 10.1. The number of amides is 4. The quantitative estimate of drug-likeness (QED) is 0.104. The van der Waals surface area contributed by atoms with Crippen molar-refractivity contribution in [3.8, 4) is 0 Å². The molecular weight excluding hydrogens is 450 g/mol. The Hall–Kier alpha value is -2.91. The number of hydrogen-bond acceptors (Lipinski definition) is 9. The summed E-state index contributed by atoms with van der Waals surface area (Å²) in [5, 5.41) is 33.8. The average Bonchev–Trinajstić information content (AvgIpc) is 2.69. The van der Waals surface area contributed by atoms with E-state index in [-0.39, 0.29) is 31.4 Å². The summed E-state index contributed by atoms with van der Waals surface area (Å²) in [6.45, 7) is 1.14. The number of hydrogen-bond donors (Lipinski definition) is 9. The third-order valence-electron chi connectivity index (χ3n) is 4.18. The SMILES string of the molecule is CC(O)C(NC(=O)C(CCC(N)=O)NC(=O)C(CS)NC(=O)C(N)CCC(=O)O)C(=O)O. The van der Waals surface area contributed by atoms with Gasteiger partial charge in [-0.3, -0.25) is 24.0 Å². The van der Waals surface area contributed by atoms with Gasteiger partial charge in [0.25, 0.3) is 0 Å². The van der Waals surface area contributed by atoms with Crippen molar-refractivity contribution >= 4 is 48.2 Å². The number of aliphatic hydroxyl groups excluding tert-OH is 1. The topological polar surface area (TPSA) is 251 Å². The first-order valence-electron chi connectivity index (χ1n) is 9.48. The molecule has 5 unspecified atom stereocenters. The Balaban J connectivity index is 5.28. The fourth-order valence-electron chi connectivity index (χ4n) is 2.35. The first-order chi connectivity index (χ1) is 14.8. The van der Waals surface area contributed by atoms with E-state index in [1.165, 1.54) is 0 Å². The summed E-state index contributed by atoms with van der Waals surface area (Å²) in [5.41, 5.74) is 10.6. The van der Waals surface area contributed by atoms with E-state index in [1.807, 2.05) is 0 Å². The van der Waals surface area contributed by atoms with Crippen LogP contribution in [0.4, 0.5) is 0 Å². The molecule has 5 atom stereocenters. The maximum Gasteiger partial charge on any atom is 0.328 e. The van der Waals surface area contributed by atoms with E-state index >= 15 is 0 Å². The summed E-state index contributed by atoms with van der Waals surface area (Å²) in [6.07, 6.45) is -2.62. The maximum atomic E-state index is 12.5. The Morgan fingerprint density at radius 3 is 1.84 bits per heavy atom. The van der Waals surface area contributed by atoms with E-state index in [9.17, 15) is 33.9 Å². The molecule has 0 aliphatic carbocycles. The van der Waals surface area contributed by atoms with E-state index in [1.54, 1.807) is 0 Å². The summed E-state index contributed by atoms with van der Waals surface area (Å²) in [7, 11) is 0. The van der Waals surface area contributed by atoms with E-state index < -0.39 is 65.8 Å². The Bertz CT molecular complexity index is 719. The normalized spacial score (nSPS) is 15.4. The summed E-state index contributed by atoms with van der Waals surface area (Å²) >= 11 is 3.96. The molecule has 0 spiro atoms. The molecule has 0 rings (SSSR count). The van der Waals surface area contributed by atoms with Crippen LogP contribution in [0.15, 0.2) is 0 Å². The lowest BCUT2D eigenvalue weighted by atomic mass is 10.1. The predicted molar refractivity (Wildman–Crippen MR) is 112 cm³/mol. The second-order valence-electron chi connectivity index (χ2n) is 6.91. The van der Waals surface area contributed by atoms with E-state index in [0.29, 0.717) is 0 Å². The molecule has 0 aliphatic heterocycles. The van der Waals surface area contributed by atoms with Gasteiger partial charge in [0.2, 0.25) is 23.6 Å². The van der Waals surface area contributed by atoms with E-state index in [4.69, 9.17) is 21.7 Å². The monoisotopic (exact) mass is 479 g/mol. The number of primary amides is 1. The molecule has 4 amide bonds. The second kappa shape index (κ2) is 14.2. The number of thiol groups is 1. The van der Waals surface area contributed by atoms with Gasteiger partial charge < -0.3 is 42.7 Å². The zero-order valence-corrected chi connectivity index (χ0v) is 18.2. The Morgan fingerprint density at radius 2 is 1.41 bits per heavy atom. The van der Waals surface area contributed by atoms with Crippen LogP contribution in [0.25, 0.3) is 0 Å². The van der Waals surface area contributed by atoms with Crippen molar-refractivity contribution in [1.82, 2.24) is 16.0 Å². The van der Waals surface area contributed by atoms with Crippen LogP contribution in [0.2, 0.25) is 0 Å². The van der Waals surface area contributed by atoms with Crippen LogP contribution in [0.1, 0.15) is 32.6 Å². The molecular formula is C17H29N5O9S. The van der Waals surface area contributed by atoms with Gasteiger partial charge in [-0.15, -0.1) is 0 Å². The molecule has 0 bridgehead atoms. The highest BCUT2D eigenvalue weighted by Gasteiger charge is 2.31. The molecule has 32 heavy (non-hydrogen) atoms. The number of carboxylic acids is 2. The van der Waals surface area contributed by atoms with Crippen molar-refractivity contribution in [3.05, 3.63) is 0 Å². The largest absolute Gasteiger partial charge is 0.481 e. The number of nitrogens with two attached hydrogens (primary N) is 2. The molecule has 15 heteroatoms. The van der Waals surface area contributed by atoms with Crippen molar-refractivity contribution in [2.75, 3.05) is 5.75 Å². The molecule has 0 saturated carbocycles. The summed E-state index contributed by atoms with van der Waals surface area (Å²) in [6, 6.07) is -5.59. The highest BCUT2D eigenvalue weighted by Crippen LogP contribution is 2.03. The summed E-state index contributed by atoms with van der Waals surface area (Å²) in [5.74, 6) is -6.41. The molecule has 0 radical (unpaired) electrons. The highest BCUT2D eigenvalue weighted by atomic mass is 32.1. The first kappa shape index (κ1) is 29.1. The third-order valence-corrected chi connectivity index (χ3v) is 4.55. The van der Waals surface area contributed by atoms with Crippen LogP contribution in [0.3, 0.4) is 0 Å². The van der Waals surface area contributed by atoms with Crippen molar-refractivity contribution in [1.29, 1.82) is 0 Å². The number of aliphatic carboxylic acids is 2. The molecule has 0 fully saturated rings. The minimum Gasteiger partial charge on any atom is -0.481 e. The number of carbonyl (C=O) groups excluding carboxylic acids is 4. The number of carboxylic acid groups (broad SMARTS) is 2. The Labute approximate surface area is 188 Å². The van der Waals surface area contributed by atoms with Gasteiger partial charge in [0.15, 0.2) is 6.04 Å². The molecule has 182 valence electrons. The van der Waals surface area contributed by atoms with Crippen molar-refractivity contribution < 1.29 is 44.1 Å². The van der Waals surface area contributed by atoms with Crippen LogP contribution < -0.4 is 27.4 Å². The Morgan fingerprint density at radius 1 is 0.875 bits per heavy atom. The van der Waals surface area contributed by atoms with Crippen LogP contribution in [-0.4, -0.2) is 86.9 Å². The van der Waals surface area contributed by atoms with Gasteiger partial charge in [-0.05, 0) is 19.8 Å². The van der Waals surface area contributed by atoms with Gasteiger partial charge in [0.1, 0.15) is 12.1 Å². The lowest BCUT2D eigenvalue weighted by Gasteiger charge is -2.25. The molecule has 14 nitrogen and oxygen atoms in total. The fourth-order valence-corrected chi connectivity index (χ4v) is 2.61. The summed E-state index contributed by atoms with van der Waals surface area (Å²) in [4.78, 5) is 69.9.